The molecule has 1 aliphatic heterocycles. The SMILES string of the molecule is CCCCOCCCNC(=O)C1CCCN1C(=O)Cc1cccs1. The van der Waals surface area contributed by atoms with Gasteiger partial charge in [-0.05, 0) is 37.1 Å². The molecule has 0 aromatic carbocycles. The average Bonchev–Trinajstić information content (AvgIpc) is 3.25. The van der Waals surface area contributed by atoms with E-state index in [9.17, 15) is 9.59 Å². The smallest absolute Gasteiger partial charge is 0.242 e. The van der Waals surface area contributed by atoms with Gasteiger partial charge in [0.1, 0.15) is 6.04 Å². The third-order valence-corrected chi connectivity index (χ3v) is 5.06. The highest BCUT2D eigenvalue weighted by Gasteiger charge is 2.33. The summed E-state index contributed by atoms with van der Waals surface area (Å²) in [4.78, 5) is 27.6. The quantitative estimate of drug-likeness (QED) is 0.659. The van der Waals surface area contributed by atoms with E-state index in [0.29, 0.717) is 26.1 Å². The molecule has 24 heavy (non-hydrogen) atoms. The van der Waals surface area contributed by atoms with Crippen LogP contribution in [0.25, 0.3) is 0 Å². The predicted molar refractivity (Wildman–Crippen MR) is 96.1 cm³/mol. The standard InChI is InChI=1S/C18H28N2O3S/c1-2-3-11-23-12-6-9-19-18(22)16-8-4-10-20(16)17(21)14-15-7-5-13-24-15/h5,7,13,16H,2-4,6,8-12,14H2,1H3,(H,19,22). The third kappa shape index (κ3) is 5.91. The normalized spacial score (nSPS) is 17.2. The Morgan fingerprint density at radius 3 is 2.96 bits per heavy atom. The molecule has 0 bridgehead atoms. The van der Waals surface area contributed by atoms with Crippen molar-refractivity contribution in [2.24, 2.45) is 0 Å². The molecular formula is C18H28N2O3S. The van der Waals surface area contributed by atoms with E-state index in [-0.39, 0.29) is 17.9 Å². The summed E-state index contributed by atoms with van der Waals surface area (Å²) in [5.74, 6) is 0.0265. The molecule has 1 aromatic rings. The molecule has 1 N–H and O–H groups in total. The van der Waals surface area contributed by atoms with Crippen molar-refractivity contribution in [1.29, 1.82) is 0 Å². The maximum Gasteiger partial charge on any atom is 0.242 e. The van der Waals surface area contributed by atoms with Crippen molar-refractivity contribution in [3.63, 3.8) is 0 Å². The second-order valence-corrected chi connectivity index (χ2v) is 7.14. The van der Waals surface area contributed by atoms with Gasteiger partial charge >= 0.3 is 0 Å². The number of hydrogen-bond acceptors (Lipinski definition) is 4. The van der Waals surface area contributed by atoms with Crippen molar-refractivity contribution in [3.05, 3.63) is 22.4 Å². The largest absolute Gasteiger partial charge is 0.381 e. The Balaban J connectivity index is 1.69. The number of amides is 2. The lowest BCUT2D eigenvalue weighted by atomic mass is 10.2. The maximum atomic E-state index is 12.4. The van der Waals surface area contributed by atoms with Crippen LogP contribution in [0.5, 0.6) is 0 Å². The van der Waals surface area contributed by atoms with Crippen molar-refractivity contribution in [3.8, 4) is 0 Å². The number of rotatable bonds is 10. The second kappa shape index (κ2) is 10.5. The fourth-order valence-electron chi connectivity index (χ4n) is 2.85. The summed E-state index contributed by atoms with van der Waals surface area (Å²) in [6.07, 6.45) is 5.07. The molecule has 134 valence electrons. The summed E-state index contributed by atoms with van der Waals surface area (Å²) in [7, 11) is 0. The molecule has 1 aliphatic rings. The number of unbranched alkanes of at least 4 members (excludes halogenated alkanes) is 1. The first kappa shape index (κ1) is 18.9. The molecule has 0 saturated carbocycles. The van der Waals surface area contributed by atoms with Gasteiger partial charge in [-0.2, -0.15) is 0 Å². The van der Waals surface area contributed by atoms with E-state index >= 15 is 0 Å². The van der Waals surface area contributed by atoms with Crippen molar-refractivity contribution < 1.29 is 14.3 Å². The van der Waals surface area contributed by atoms with Crippen LogP contribution in [-0.2, 0) is 20.7 Å². The monoisotopic (exact) mass is 352 g/mol. The number of likely N-dealkylation sites (tertiary alicyclic amines) is 1. The fourth-order valence-corrected chi connectivity index (χ4v) is 3.55. The Morgan fingerprint density at radius 2 is 2.21 bits per heavy atom. The van der Waals surface area contributed by atoms with Gasteiger partial charge in [-0.15, -0.1) is 11.3 Å². The minimum absolute atomic E-state index is 0.0272. The molecule has 0 radical (unpaired) electrons. The van der Waals surface area contributed by atoms with E-state index in [1.165, 1.54) is 0 Å². The zero-order valence-electron chi connectivity index (χ0n) is 14.5. The molecule has 1 saturated heterocycles. The highest BCUT2D eigenvalue weighted by molar-refractivity contribution is 7.10. The van der Waals surface area contributed by atoms with Crippen LogP contribution in [0.15, 0.2) is 17.5 Å². The second-order valence-electron chi connectivity index (χ2n) is 6.11. The third-order valence-electron chi connectivity index (χ3n) is 4.19. The van der Waals surface area contributed by atoms with Gasteiger partial charge in [-0.25, -0.2) is 0 Å². The molecule has 1 aromatic heterocycles. The molecule has 2 amide bonds. The van der Waals surface area contributed by atoms with Crippen LogP contribution >= 0.6 is 11.3 Å². The molecule has 1 fully saturated rings. The zero-order valence-corrected chi connectivity index (χ0v) is 15.3. The number of hydrogen-bond donors (Lipinski definition) is 1. The van der Waals surface area contributed by atoms with Crippen molar-refractivity contribution in [1.82, 2.24) is 10.2 Å². The summed E-state index contributed by atoms with van der Waals surface area (Å²) >= 11 is 1.58. The first-order valence-electron chi connectivity index (χ1n) is 8.89. The summed E-state index contributed by atoms with van der Waals surface area (Å²) in [6, 6.07) is 3.61. The number of nitrogens with zero attached hydrogens (tertiary/aromatic N) is 1. The number of carbonyl (C=O) groups excluding carboxylic acids is 2. The number of carbonyl (C=O) groups is 2. The highest BCUT2D eigenvalue weighted by atomic mass is 32.1. The van der Waals surface area contributed by atoms with Crippen molar-refractivity contribution in [2.45, 2.75) is 51.5 Å². The Morgan fingerprint density at radius 1 is 1.38 bits per heavy atom. The van der Waals surface area contributed by atoms with Crippen LogP contribution in [0, 0.1) is 0 Å². The molecule has 6 heteroatoms. The van der Waals surface area contributed by atoms with E-state index < -0.39 is 0 Å². The van der Waals surface area contributed by atoms with Crippen LogP contribution in [0.2, 0.25) is 0 Å². The van der Waals surface area contributed by atoms with Gasteiger partial charge in [-0.1, -0.05) is 19.4 Å². The van der Waals surface area contributed by atoms with Crippen LogP contribution in [0.3, 0.4) is 0 Å². The van der Waals surface area contributed by atoms with Crippen LogP contribution in [-0.4, -0.2) is 49.1 Å². The van der Waals surface area contributed by atoms with E-state index in [1.54, 1.807) is 16.2 Å². The van der Waals surface area contributed by atoms with Crippen molar-refractivity contribution in [2.75, 3.05) is 26.3 Å². The molecule has 1 unspecified atom stereocenters. The van der Waals surface area contributed by atoms with Gasteiger partial charge in [0.05, 0.1) is 6.42 Å². The minimum Gasteiger partial charge on any atom is -0.381 e. The predicted octanol–water partition coefficient (Wildman–Crippen LogP) is 2.60. The summed E-state index contributed by atoms with van der Waals surface area (Å²) < 4.78 is 5.48. The first-order valence-corrected chi connectivity index (χ1v) is 9.77. The van der Waals surface area contributed by atoms with Gasteiger partial charge in [0.2, 0.25) is 11.8 Å². The van der Waals surface area contributed by atoms with Gasteiger partial charge in [0, 0.05) is 31.2 Å². The average molecular weight is 353 g/mol. The lowest BCUT2D eigenvalue weighted by molar-refractivity contribution is -0.137. The molecule has 1 atom stereocenters. The molecular weight excluding hydrogens is 324 g/mol. The lowest BCUT2D eigenvalue weighted by Gasteiger charge is -2.23. The number of nitrogens with one attached hydrogen (secondary N) is 1. The summed E-state index contributed by atoms with van der Waals surface area (Å²) in [6.45, 7) is 4.89. The molecule has 0 aliphatic carbocycles. The van der Waals surface area contributed by atoms with Crippen molar-refractivity contribution >= 4 is 23.2 Å². The van der Waals surface area contributed by atoms with Crippen LogP contribution < -0.4 is 5.32 Å². The van der Waals surface area contributed by atoms with E-state index in [4.69, 9.17) is 4.74 Å². The zero-order chi connectivity index (χ0) is 17.2. The Hall–Kier alpha value is -1.40. The topological polar surface area (TPSA) is 58.6 Å². The van der Waals surface area contributed by atoms with Gasteiger partial charge in [-0.3, -0.25) is 9.59 Å². The molecule has 5 nitrogen and oxygen atoms in total. The lowest BCUT2D eigenvalue weighted by Crippen LogP contribution is -2.46. The highest BCUT2D eigenvalue weighted by Crippen LogP contribution is 2.20. The van der Waals surface area contributed by atoms with E-state index in [1.807, 2.05) is 17.5 Å². The van der Waals surface area contributed by atoms with Gasteiger partial charge in [0.15, 0.2) is 0 Å². The molecule has 0 spiro atoms. The van der Waals surface area contributed by atoms with Crippen LogP contribution in [0.4, 0.5) is 0 Å². The summed E-state index contributed by atoms with van der Waals surface area (Å²) in [5.41, 5.74) is 0. The minimum atomic E-state index is -0.307. The first-order chi connectivity index (χ1) is 11.7. The Labute approximate surface area is 148 Å². The Kier molecular flexibility index (Phi) is 8.25. The van der Waals surface area contributed by atoms with E-state index in [2.05, 4.69) is 12.2 Å². The molecule has 2 heterocycles. The van der Waals surface area contributed by atoms with E-state index in [0.717, 1.165) is 43.6 Å². The molecule has 2 rings (SSSR count). The number of thiophene rings is 1. The fraction of sp³-hybridized carbons (Fsp3) is 0.667. The van der Waals surface area contributed by atoms with Crippen LogP contribution in [0.1, 0.15) is 43.9 Å². The van der Waals surface area contributed by atoms with Gasteiger partial charge < -0.3 is 15.0 Å². The van der Waals surface area contributed by atoms with Gasteiger partial charge in [0.25, 0.3) is 0 Å². The Bertz CT molecular complexity index is 504. The summed E-state index contributed by atoms with van der Waals surface area (Å²) in [5, 5.41) is 4.92. The number of ether oxygens (including phenoxy) is 1. The maximum absolute atomic E-state index is 12.4.